The number of terminal acetylenes is 1. The average molecular weight is 143 g/mol. The molecule has 1 aromatic heterocycles. The number of hydrogen-bond acceptors (Lipinski definition) is 3. The third-order valence-electron chi connectivity index (χ3n) is 1.21. The maximum absolute atomic E-state index is 8.50. The predicted octanol–water partition coefficient (Wildman–Crippen LogP) is 0.517. The van der Waals surface area contributed by atoms with E-state index >= 15 is 0 Å². The lowest BCUT2D eigenvalue weighted by molar-refractivity contribution is 1.30. The first-order chi connectivity index (χ1) is 5.27. The molecule has 0 saturated heterocycles. The molecule has 1 rings (SSSR count). The van der Waals surface area contributed by atoms with E-state index in [2.05, 4.69) is 10.9 Å². The first-order valence-corrected chi connectivity index (χ1v) is 2.90. The molecule has 0 aliphatic heterocycles. The normalized spacial score (nSPS) is 8.18. The van der Waals surface area contributed by atoms with Crippen molar-refractivity contribution in [3.05, 3.63) is 23.4 Å². The van der Waals surface area contributed by atoms with E-state index in [4.69, 9.17) is 17.4 Å². The van der Waals surface area contributed by atoms with Gasteiger partial charge in [0.15, 0.2) is 0 Å². The molecule has 0 fully saturated rings. The smallest absolute Gasteiger partial charge is 0.141 e. The summed E-state index contributed by atoms with van der Waals surface area (Å²) in [5, 5.41) is 8.50. The number of aromatic nitrogens is 1. The van der Waals surface area contributed by atoms with Gasteiger partial charge in [-0.1, -0.05) is 5.92 Å². The highest BCUT2D eigenvalue weighted by molar-refractivity contribution is 5.51. The summed E-state index contributed by atoms with van der Waals surface area (Å²) < 4.78 is 0. The van der Waals surface area contributed by atoms with Gasteiger partial charge in [-0.3, -0.25) is 0 Å². The Balaban J connectivity index is 3.29. The number of nitrogen functional groups attached to an aromatic ring is 1. The number of nitrogens with zero attached hydrogens (tertiary/aromatic N) is 2. The van der Waals surface area contributed by atoms with Crippen LogP contribution in [0.4, 0.5) is 5.82 Å². The number of rotatable bonds is 0. The van der Waals surface area contributed by atoms with Crippen LogP contribution in [-0.4, -0.2) is 4.98 Å². The van der Waals surface area contributed by atoms with Gasteiger partial charge >= 0.3 is 0 Å². The van der Waals surface area contributed by atoms with Gasteiger partial charge in [0.2, 0.25) is 0 Å². The fourth-order valence-electron chi connectivity index (χ4n) is 0.644. The lowest BCUT2D eigenvalue weighted by Crippen LogP contribution is -1.94. The molecule has 52 valence electrons. The maximum atomic E-state index is 8.50. The fraction of sp³-hybridized carbons (Fsp3) is 0. The molecule has 0 aromatic carbocycles. The highest BCUT2D eigenvalue weighted by Gasteiger charge is 1.98. The molecular formula is C8H5N3. The van der Waals surface area contributed by atoms with E-state index in [1.54, 1.807) is 0 Å². The summed E-state index contributed by atoms with van der Waals surface area (Å²) in [6.45, 7) is 0. The lowest BCUT2D eigenvalue weighted by atomic mass is 10.2. The van der Waals surface area contributed by atoms with Crippen molar-refractivity contribution >= 4 is 5.82 Å². The maximum Gasteiger partial charge on any atom is 0.141 e. The molecule has 3 nitrogen and oxygen atoms in total. The molecule has 0 atom stereocenters. The Morgan fingerprint density at radius 3 is 2.91 bits per heavy atom. The second-order valence-corrected chi connectivity index (χ2v) is 1.91. The van der Waals surface area contributed by atoms with Gasteiger partial charge in [0.05, 0.1) is 5.56 Å². The number of hydrogen-bond donors (Lipinski definition) is 1. The minimum Gasteiger partial charge on any atom is -0.383 e. The number of nitriles is 1. The van der Waals surface area contributed by atoms with Gasteiger partial charge in [-0.25, -0.2) is 4.98 Å². The fourth-order valence-corrected chi connectivity index (χ4v) is 0.644. The van der Waals surface area contributed by atoms with E-state index in [1.165, 1.54) is 12.3 Å². The van der Waals surface area contributed by atoms with Crippen LogP contribution < -0.4 is 5.73 Å². The molecule has 0 aliphatic carbocycles. The molecule has 0 bridgehead atoms. The molecular weight excluding hydrogens is 138 g/mol. The molecule has 0 unspecified atom stereocenters. The van der Waals surface area contributed by atoms with Crippen LogP contribution in [0, 0.1) is 23.7 Å². The predicted molar refractivity (Wildman–Crippen MR) is 41.3 cm³/mol. The number of nitrogens with two attached hydrogens (primary N) is 1. The van der Waals surface area contributed by atoms with Crippen LogP contribution in [0.5, 0.6) is 0 Å². The van der Waals surface area contributed by atoms with E-state index in [-0.39, 0.29) is 5.82 Å². The van der Waals surface area contributed by atoms with Gasteiger partial charge in [0, 0.05) is 11.8 Å². The Kier molecular flexibility index (Phi) is 1.76. The molecule has 0 amide bonds. The number of pyridine rings is 1. The summed E-state index contributed by atoms with van der Waals surface area (Å²) in [7, 11) is 0. The highest BCUT2D eigenvalue weighted by atomic mass is 14.8. The van der Waals surface area contributed by atoms with E-state index in [0.717, 1.165) is 0 Å². The molecule has 3 heteroatoms. The first kappa shape index (κ1) is 7.11. The van der Waals surface area contributed by atoms with Crippen molar-refractivity contribution in [1.29, 1.82) is 5.26 Å². The summed E-state index contributed by atoms with van der Waals surface area (Å²) in [4.78, 5) is 3.73. The molecule has 11 heavy (non-hydrogen) atoms. The van der Waals surface area contributed by atoms with Crippen molar-refractivity contribution in [3.8, 4) is 18.4 Å². The van der Waals surface area contributed by atoms with Crippen LogP contribution in [0.3, 0.4) is 0 Å². The third-order valence-corrected chi connectivity index (χ3v) is 1.21. The van der Waals surface area contributed by atoms with Crippen molar-refractivity contribution in [3.63, 3.8) is 0 Å². The standard InChI is InChI=1S/C8H5N3/c1-2-6-3-7(4-9)8(10)11-5-6/h1,3,5H,(H2,10,11). The third kappa shape index (κ3) is 1.28. The second-order valence-electron chi connectivity index (χ2n) is 1.91. The highest BCUT2D eigenvalue weighted by Crippen LogP contribution is 2.07. The van der Waals surface area contributed by atoms with E-state index in [1.807, 2.05) is 6.07 Å². The lowest BCUT2D eigenvalue weighted by Gasteiger charge is -1.94. The molecule has 0 saturated carbocycles. The summed E-state index contributed by atoms with van der Waals surface area (Å²) in [5.41, 5.74) is 6.24. The van der Waals surface area contributed by atoms with Crippen molar-refractivity contribution in [2.24, 2.45) is 0 Å². The molecule has 1 heterocycles. The van der Waals surface area contributed by atoms with E-state index < -0.39 is 0 Å². The zero-order chi connectivity index (χ0) is 8.27. The SMILES string of the molecule is C#Cc1cnc(N)c(C#N)c1. The van der Waals surface area contributed by atoms with Crippen LogP contribution in [0.15, 0.2) is 12.3 Å². The van der Waals surface area contributed by atoms with Gasteiger partial charge in [-0.15, -0.1) is 6.42 Å². The second kappa shape index (κ2) is 2.72. The molecule has 1 aromatic rings. The summed E-state index contributed by atoms with van der Waals surface area (Å²) in [6.07, 6.45) is 6.54. The van der Waals surface area contributed by atoms with Crippen molar-refractivity contribution < 1.29 is 0 Å². The summed E-state index contributed by atoms with van der Waals surface area (Å²) in [5.74, 6) is 2.57. The molecule has 2 N–H and O–H groups in total. The zero-order valence-corrected chi connectivity index (χ0v) is 5.70. The summed E-state index contributed by atoms with van der Waals surface area (Å²) in [6, 6.07) is 3.42. The Morgan fingerprint density at radius 1 is 1.64 bits per heavy atom. The van der Waals surface area contributed by atoms with Gasteiger partial charge < -0.3 is 5.73 Å². The Hall–Kier alpha value is -2.00. The van der Waals surface area contributed by atoms with Crippen molar-refractivity contribution in [2.45, 2.75) is 0 Å². The Morgan fingerprint density at radius 2 is 2.36 bits per heavy atom. The van der Waals surface area contributed by atoms with Crippen LogP contribution in [-0.2, 0) is 0 Å². The van der Waals surface area contributed by atoms with Gasteiger partial charge in [0.1, 0.15) is 11.9 Å². The Bertz CT molecular complexity index is 355. The first-order valence-electron chi connectivity index (χ1n) is 2.90. The quantitative estimate of drug-likeness (QED) is 0.538. The molecule has 0 radical (unpaired) electrons. The largest absolute Gasteiger partial charge is 0.383 e. The Labute approximate surface area is 64.5 Å². The van der Waals surface area contributed by atoms with Gasteiger partial charge in [-0.2, -0.15) is 5.26 Å². The van der Waals surface area contributed by atoms with Gasteiger partial charge in [0.25, 0.3) is 0 Å². The van der Waals surface area contributed by atoms with E-state index in [0.29, 0.717) is 11.1 Å². The molecule has 0 aliphatic rings. The minimum absolute atomic E-state index is 0.214. The van der Waals surface area contributed by atoms with Crippen LogP contribution in [0.25, 0.3) is 0 Å². The van der Waals surface area contributed by atoms with Crippen LogP contribution >= 0.6 is 0 Å². The minimum atomic E-state index is 0.214. The number of anilines is 1. The van der Waals surface area contributed by atoms with Gasteiger partial charge in [-0.05, 0) is 6.07 Å². The monoisotopic (exact) mass is 143 g/mol. The van der Waals surface area contributed by atoms with Crippen LogP contribution in [0.2, 0.25) is 0 Å². The average Bonchev–Trinajstić information content (AvgIpc) is 2.05. The van der Waals surface area contributed by atoms with E-state index in [9.17, 15) is 0 Å². The van der Waals surface area contributed by atoms with Crippen molar-refractivity contribution in [2.75, 3.05) is 5.73 Å². The van der Waals surface area contributed by atoms with Crippen LogP contribution in [0.1, 0.15) is 11.1 Å². The summed E-state index contributed by atoms with van der Waals surface area (Å²) >= 11 is 0. The zero-order valence-electron chi connectivity index (χ0n) is 5.70. The molecule has 0 spiro atoms. The van der Waals surface area contributed by atoms with Crippen molar-refractivity contribution in [1.82, 2.24) is 4.98 Å². The topological polar surface area (TPSA) is 62.7 Å².